The first-order chi connectivity index (χ1) is 12.1. The van der Waals surface area contributed by atoms with Crippen LogP contribution in [0.15, 0.2) is 24.4 Å². The fraction of sp³-hybridized carbons (Fsp3) is 0.353. The summed E-state index contributed by atoms with van der Waals surface area (Å²) in [7, 11) is 0. The molecule has 1 fully saturated rings. The predicted molar refractivity (Wildman–Crippen MR) is 92.5 cm³/mol. The second-order valence-corrected chi connectivity index (χ2v) is 6.23. The summed E-state index contributed by atoms with van der Waals surface area (Å²) in [5, 5.41) is 13.3. The number of amides is 2. The number of anilines is 2. The van der Waals surface area contributed by atoms with Crippen LogP contribution in [-0.4, -0.2) is 47.9 Å². The van der Waals surface area contributed by atoms with E-state index >= 15 is 0 Å². The molecule has 2 aliphatic heterocycles. The van der Waals surface area contributed by atoms with Gasteiger partial charge in [0.05, 0.1) is 25.0 Å². The van der Waals surface area contributed by atoms with E-state index in [4.69, 9.17) is 4.74 Å². The fourth-order valence-corrected chi connectivity index (χ4v) is 3.23. The van der Waals surface area contributed by atoms with Gasteiger partial charge in [0.1, 0.15) is 6.10 Å². The molecule has 0 saturated carbocycles. The summed E-state index contributed by atoms with van der Waals surface area (Å²) in [5.74, 6) is -0.140. The number of ether oxygens (including phenoxy) is 1. The van der Waals surface area contributed by atoms with Gasteiger partial charge in [0, 0.05) is 30.4 Å². The second kappa shape index (κ2) is 6.12. The van der Waals surface area contributed by atoms with Crippen molar-refractivity contribution >= 4 is 23.4 Å². The number of hydrogen-bond acceptors (Lipinski definition) is 5. The van der Waals surface area contributed by atoms with Crippen molar-refractivity contribution in [3.05, 3.63) is 30.0 Å². The Morgan fingerprint density at radius 1 is 1.48 bits per heavy atom. The smallest absolute Gasteiger partial charge is 0.414 e. The normalized spacial score (nSPS) is 18.7. The minimum atomic E-state index is -0.397. The molecule has 25 heavy (non-hydrogen) atoms. The third kappa shape index (κ3) is 2.90. The number of fused-ring (bicyclic) bond motifs is 3. The Bertz CT molecular complexity index is 831. The Hall–Kier alpha value is -3.03. The van der Waals surface area contributed by atoms with E-state index in [-0.39, 0.29) is 12.0 Å². The van der Waals surface area contributed by atoms with E-state index in [1.165, 1.54) is 12.5 Å². The van der Waals surface area contributed by atoms with Crippen LogP contribution in [0.2, 0.25) is 0 Å². The van der Waals surface area contributed by atoms with Crippen molar-refractivity contribution in [3.8, 4) is 11.3 Å². The topological polar surface area (TPSA) is 99.4 Å². The minimum absolute atomic E-state index is 0.140. The maximum atomic E-state index is 12.2. The SMILES string of the molecule is CC(=O)NCC1CN(c2ccc3c(c2)NCCc2cn[nH]c2-3)C(=O)O1. The lowest BCUT2D eigenvalue weighted by Crippen LogP contribution is -2.33. The summed E-state index contributed by atoms with van der Waals surface area (Å²) in [5.41, 5.74) is 4.95. The largest absolute Gasteiger partial charge is 0.442 e. The number of nitrogens with zero attached hydrogens (tertiary/aromatic N) is 2. The molecule has 4 rings (SSSR count). The first-order valence-corrected chi connectivity index (χ1v) is 8.25. The van der Waals surface area contributed by atoms with Crippen LogP contribution in [0.5, 0.6) is 0 Å². The van der Waals surface area contributed by atoms with Crippen LogP contribution >= 0.6 is 0 Å². The number of nitrogens with one attached hydrogen (secondary N) is 3. The average molecular weight is 341 g/mol. The Labute approximate surface area is 144 Å². The average Bonchev–Trinajstić information content (AvgIpc) is 3.15. The maximum Gasteiger partial charge on any atom is 0.414 e. The fourth-order valence-electron chi connectivity index (χ4n) is 3.23. The maximum absolute atomic E-state index is 12.2. The van der Waals surface area contributed by atoms with Gasteiger partial charge in [0.15, 0.2) is 0 Å². The Balaban J connectivity index is 1.58. The highest BCUT2D eigenvalue weighted by Gasteiger charge is 2.33. The van der Waals surface area contributed by atoms with Gasteiger partial charge in [-0.1, -0.05) is 0 Å². The molecular weight excluding hydrogens is 322 g/mol. The first-order valence-electron chi connectivity index (χ1n) is 8.25. The van der Waals surface area contributed by atoms with Crippen LogP contribution < -0.4 is 15.5 Å². The van der Waals surface area contributed by atoms with Crippen molar-refractivity contribution < 1.29 is 14.3 Å². The Morgan fingerprint density at radius 3 is 3.20 bits per heavy atom. The number of benzene rings is 1. The van der Waals surface area contributed by atoms with Crippen molar-refractivity contribution in [1.82, 2.24) is 15.5 Å². The molecule has 8 nitrogen and oxygen atoms in total. The van der Waals surface area contributed by atoms with E-state index in [0.29, 0.717) is 13.1 Å². The van der Waals surface area contributed by atoms with Crippen molar-refractivity contribution in [1.29, 1.82) is 0 Å². The van der Waals surface area contributed by atoms with Gasteiger partial charge in [0.2, 0.25) is 5.91 Å². The van der Waals surface area contributed by atoms with Crippen LogP contribution in [-0.2, 0) is 16.0 Å². The van der Waals surface area contributed by atoms with Gasteiger partial charge in [-0.3, -0.25) is 14.8 Å². The predicted octanol–water partition coefficient (Wildman–Crippen LogP) is 1.51. The lowest BCUT2D eigenvalue weighted by molar-refractivity contribution is -0.119. The minimum Gasteiger partial charge on any atom is -0.442 e. The molecule has 0 bridgehead atoms. The molecule has 1 saturated heterocycles. The molecule has 1 unspecified atom stereocenters. The molecule has 3 N–H and O–H groups in total. The molecule has 0 aliphatic carbocycles. The molecular formula is C17H19N5O3. The van der Waals surface area contributed by atoms with Gasteiger partial charge in [-0.2, -0.15) is 5.10 Å². The molecule has 1 aromatic carbocycles. The molecule has 1 aromatic heterocycles. The highest BCUT2D eigenvalue weighted by Crippen LogP contribution is 2.35. The number of aromatic nitrogens is 2. The Morgan fingerprint density at radius 2 is 2.36 bits per heavy atom. The monoisotopic (exact) mass is 341 g/mol. The standard InChI is InChI=1S/C17H19N5O3/c1-10(23)19-8-13-9-22(17(24)25-13)12-2-3-14-15(6-12)18-5-4-11-7-20-21-16(11)14/h2-3,6-7,13,18H,4-5,8-9H2,1H3,(H,19,23)(H,20,21). The molecule has 8 heteroatoms. The molecule has 3 heterocycles. The van der Waals surface area contributed by atoms with Crippen LogP contribution in [0.1, 0.15) is 12.5 Å². The number of aromatic amines is 1. The molecule has 2 amide bonds. The molecule has 0 radical (unpaired) electrons. The van der Waals surface area contributed by atoms with Crippen molar-refractivity contribution in [3.63, 3.8) is 0 Å². The summed E-state index contributed by atoms with van der Waals surface area (Å²) in [6, 6.07) is 5.83. The van der Waals surface area contributed by atoms with Gasteiger partial charge in [-0.15, -0.1) is 0 Å². The van der Waals surface area contributed by atoms with Gasteiger partial charge < -0.3 is 15.4 Å². The highest BCUT2D eigenvalue weighted by molar-refractivity contribution is 5.92. The van der Waals surface area contributed by atoms with Crippen LogP contribution in [0.3, 0.4) is 0 Å². The Kier molecular flexibility index (Phi) is 3.79. The number of carbonyl (C=O) groups excluding carboxylic acids is 2. The number of cyclic esters (lactones) is 1. The van der Waals surface area contributed by atoms with Crippen LogP contribution in [0.4, 0.5) is 16.2 Å². The van der Waals surface area contributed by atoms with E-state index in [2.05, 4.69) is 20.8 Å². The van der Waals surface area contributed by atoms with Gasteiger partial charge >= 0.3 is 6.09 Å². The van der Waals surface area contributed by atoms with Crippen molar-refractivity contribution in [2.24, 2.45) is 0 Å². The zero-order valence-corrected chi connectivity index (χ0v) is 13.8. The summed E-state index contributed by atoms with van der Waals surface area (Å²) in [6.45, 7) is 2.97. The summed E-state index contributed by atoms with van der Waals surface area (Å²) < 4.78 is 5.33. The number of rotatable bonds is 3. The third-order valence-corrected chi connectivity index (χ3v) is 4.46. The molecule has 1 atom stereocenters. The molecule has 130 valence electrons. The van der Waals surface area contributed by atoms with Gasteiger partial charge in [-0.05, 0) is 30.2 Å². The third-order valence-electron chi connectivity index (χ3n) is 4.46. The number of hydrogen-bond donors (Lipinski definition) is 3. The zero-order chi connectivity index (χ0) is 17.4. The molecule has 0 spiro atoms. The quantitative estimate of drug-likeness (QED) is 0.786. The summed E-state index contributed by atoms with van der Waals surface area (Å²) in [4.78, 5) is 24.8. The lowest BCUT2D eigenvalue weighted by Gasteiger charge is -2.16. The van der Waals surface area contributed by atoms with Gasteiger partial charge in [-0.25, -0.2) is 4.79 Å². The lowest BCUT2D eigenvalue weighted by atomic mass is 10.1. The van der Waals surface area contributed by atoms with E-state index < -0.39 is 6.09 Å². The van der Waals surface area contributed by atoms with Crippen LogP contribution in [0, 0.1) is 0 Å². The van der Waals surface area contributed by atoms with E-state index in [1.54, 1.807) is 4.90 Å². The molecule has 2 aliphatic rings. The summed E-state index contributed by atoms with van der Waals surface area (Å²) in [6.07, 6.45) is 2.00. The molecule has 2 aromatic rings. The second-order valence-electron chi connectivity index (χ2n) is 6.23. The number of carbonyl (C=O) groups is 2. The van der Waals surface area contributed by atoms with E-state index in [9.17, 15) is 9.59 Å². The van der Waals surface area contributed by atoms with Gasteiger partial charge in [0.25, 0.3) is 0 Å². The van der Waals surface area contributed by atoms with E-state index in [0.717, 1.165) is 35.6 Å². The van der Waals surface area contributed by atoms with Crippen molar-refractivity contribution in [2.75, 3.05) is 29.9 Å². The first kappa shape index (κ1) is 15.5. The zero-order valence-electron chi connectivity index (χ0n) is 13.8. The van der Waals surface area contributed by atoms with Crippen LogP contribution in [0.25, 0.3) is 11.3 Å². The highest BCUT2D eigenvalue weighted by atomic mass is 16.6. The summed E-state index contributed by atoms with van der Waals surface area (Å²) >= 11 is 0. The van der Waals surface area contributed by atoms with E-state index in [1.807, 2.05) is 24.4 Å². The van der Waals surface area contributed by atoms with Crippen molar-refractivity contribution in [2.45, 2.75) is 19.4 Å². The number of H-pyrrole nitrogens is 1.